The van der Waals surface area contributed by atoms with Crippen LogP contribution in [0, 0.1) is 5.41 Å². The van der Waals surface area contributed by atoms with E-state index in [0.29, 0.717) is 12.2 Å². The summed E-state index contributed by atoms with van der Waals surface area (Å²) in [6, 6.07) is 0.106. The van der Waals surface area contributed by atoms with Crippen molar-refractivity contribution >= 4 is 22.7 Å². The summed E-state index contributed by atoms with van der Waals surface area (Å²) in [4.78, 5) is 24.7. The molecule has 1 amide bonds. The van der Waals surface area contributed by atoms with Crippen LogP contribution in [-0.4, -0.2) is 52.7 Å². The Morgan fingerprint density at radius 2 is 1.95 bits per heavy atom. The number of hydrogen-bond donors (Lipinski definition) is 0. The van der Waals surface area contributed by atoms with Gasteiger partial charge in [-0.1, -0.05) is 0 Å². The van der Waals surface area contributed by atoms with Crippen LogP contribution < -0.4 is 0 Å². The summed E-state index contributed by atoms with van der Waals surface area (Å²) in [5, 5.41) is 0. The molecule has 0 saturated heterocycles. The molecule has 0 bridgehead atoms. The van der Waals surface area contributed by atoms with E-state index in [1.807, 2.05) is 13.8 Å². The van der Waals surface area contributed by atoms with Gasteiger partial charge in [0.15, 0.2) is 0 Å². The van der Waals surface area contributed by atoms with Crippen LogP contribution in [0.3, 0.4) is 0 Å². The van der Waals surface area contributed by atoms with Crippen molar-refractivity contribution in [2.24, 2.45) is 5.41 Å². The third-order valence-electron chi connectivity index (χ3n) is 3.62. The summed E-state index contributed by atoms with van der Waals surface area (Å²) in [5.41, 5.74) is -0.186. The number of ether oxygens (including phenoxy) is 1. The second-order valence-corrected chi connectivity index (χ2v) is 7.04. The zero-order valence-corrected chi connectivity index (χ0v) is 12.9. The van der Waals surface area contributed by atoms with Gasteiger partial charge in [0.2, 0.25) is 5.91 Å². The lowest BCUT2D eigenvalue weighted by atomic mass is 10.1. The fourth-order valence-corrected chi connectivity index (χ4v) is 3.50. The second-order valence-electron chi connectivity index (χ2n) is 5.58. The van der Waals surface area contributed by atoms with Crippen molar-refractivity contribution in [3.63, 3.8) is 0 Å². The Kier molecular flexibility index (Phi) is 5.52. The van der Waals surface area contributed by atoms with E-state index >= 15 is 0 Å². The Morgan fingerprint density at radius 1 is 1.37 bits per heavy atom. The summed E-state index contributed by atoms with van der Waals surface area (Å²) in [6.45, 7) is 3.83. The number of carbonyl (C=O) groups excluding carboxylic acids is 2. The monoisotopic (exact) mass is 289 g/mol. The quantitative estimate of drug-likeness (QED) is 0.655. The zero-order chi connectivity index (χ0) is 14.6. The molecule has 1 aliphatic rings. The van der Waals surface area contributed by atoms with Gasteiger partial charge in [0.05, 0.1) is 13.5 Å². The Bertz CT molecular complexity index is 377. The number of rotatable bonds is 7. The number of amides is 1. The van der Waals surface area contributed by atoms with E-state index in [2.05, 4.69) is 4.74 Å². The molecule has 5 nitrogen and oxygen atoms in total. The SMILES string of the molecule is COC(=O)CC1(CS(=O)CC(=O)N(C)C(C)C)CC1. The Morgan fingerprint density at radius 3 is 2.37 bits per heavy atom. The number of methoxy groups -OCH3 is 1. The minimum absolute atomic E-state index is 0.0393. The van der Waals surface area contributed by atoms with Crippen LogP contribution in [0.1, 0.15) is 33.1 Å². The average molecular weight is 289 g/mol. The minimum Gasteiger partial charge on any atom is -0.469 e. The maximum absolute atomic E-state index is 12.0. The lowest BCUT2D eigenvalue weighted by Gasteiger charge is -2.21. The first kappa shape index (κ1) is 16.1. The van der Waals surface area contributed by atoms with E-state index in [0.717, 1.165) is 12.8 Å². The van der Waals surface area contributed by atoms with Crippen LogP contribution in [0.2, 0.25) is 0 Å². The number of hydrogen-bond acceptors (Lipinski definition) is 4. The first-order chi connectivity index (χ1) is 8.79. The summed E-state index contributed by atoms with van der Waals surface area (Å²) < 4.78 is 16.7. The first-order valence-electron chi connectivity index (χ1n) is 6.47. The smallest absolute Gasteiger partial charge is 0.306 e. The van der Waals surface area contributed by atoms with E-state index in [1.165, 1.54) is 7.11 Å². The molecule has 1 atom stereocenters. The number of esters is 1. The topological polar surface area (TPSA) is 63.7 Å². The molecule has 0 spiro atoms. The first-order valence-corrected chi connectivity index (χ1v) is 7.96. The maximum Gasteiger partial charge on any atom is 0.306 e. The van der Waals surface area contributed by atoms with Crippen LogP contribution in [-0.2, 0) is 25.1 Å². The van der Waals surface area contributed by atoms with Crippen LogP contribution in [0.25, 0.3) is 0 Å². The van der Waals surface area contributed by atoms with Crippen molar-refractivity contribution in [3.8, 4) is 0 Å². The van der Waals surface area contributed by atoms with Gasteiger partial charge >= 0.3 is 5.97 Å². The van der Waals surface area contributed by atoms with Crippen molar-refractivity contribution in [3.05, 3.63) is 0 Å². The molecule has 1 saturated carbocycles. The predicted octanol–water partition coefficient (Wildman–Crippen LogP) is 0.945. The molecular weight excluding hydrogens is 266 g/mol. The Balaban J connectivity index is 2.43. The molecule has 0 aromatic heterocycles. The lowest BCUT2D eigenvalue weighted by Crippen LogP contribution is -2.37. The second kappa shape index (κ2) is 6.50. The average Bonchev–Trinajstić information content (AvgIpc) is 3.06. The largest absolute Gasteiger partial charge is 0.469 e. The van der Waals surface area contributed by atoms with Crippen molar-refractivity contribution in [1.82, 2.24) is 4.90 Å². The fraction of sp³-hybridized carbons (Fsp3) is 0.846. The van der Waals surface area contributed by atoms with Crippen molar-refractivity contribution < 1.29 is 18.5 Å². The van der Waals surface area contributed by atoms with Gasteiger partial charge in [0, 0.05) is 29.6 Å². The van der Waals surface area contributed by atoms with Gasteiger partial charge in [-0.2, -0.15) is 0 Å². The van der Waals surface area contributed by atoms with E-state index < -0.39 is 10.8 Å². The van der Waals surface area contributed by atoms with Crippen LogP contribution >= 0.6 is 0 Å². The normalized spacial score (nSPS) is 17.9. The molecule has 19 heavy (non-hydrogen) atoms. The third-order valence-corrected chi connectivity index (χ3v) is 5.13. The molecule has 0 aromatic carbocycles. The highest BCUT2D eigenvalue weighted by atomic mass is 32.2. The molecule has 110 valence electrons. The highest BCUT2D eigenvalue weighted by molar-refractivity contribution is 7.85. The van der Waals surface area contributed by atoms with Crippen molar-refractivity contribution in [2.45, 2.75) is 39.2 Å². The van der Waals surface area contributed by atoms with Gasteiger partial charge in [-0.15, -0.1) is 0 Å². The highest BCUT2D eigenvalue weighted by Gasteiger charge is 2.46. The van der Waals surface area contributed by atoms with Crippen LogP contribution in [0.5, 0.6) is 0 Å². The number of nitrogens with zero attached hydrogens (tertiary/aromatic N) is 1. The number of carbonyl (C=O) groups is 2. The molecule has 1 unspecified atom stereocenters. The van der Waals surface area contributed by atoms with Gasteiger partial charge < -0.3 is 9.64 Å². The molecular formula is C13H23NO4S. The molecule has 1 rings (SSSR count). The fourth-order valence-electron chi connectivity index (χ4n) is 1.85. The van der Waals surface area contributed by atoms with Crippen molar-refractivity contribution in [1.29, 1.82) is 0 Å². The highest BCUT2D eigenvalue weighted by Crippen LogP contribution is 2.49. The van der Waals surface area contributed by atoms with Gasteiger partial charge in [-0.25, -0.2) is 0 Å². The molecule has 0 heterocycles. The summed E-state index contributed by atoms with van der Waals surface area (Å²) in [7, 11) is 1.86. The molecule has 0 aliphatic heterocycles. The molecule has 0 aromatic rings. The third kappa shape index (κ3) is 4.93. The van der Waals surface area contributed by atoms with E-state index in [1.54, 1.807) is 11.9 Å². The van der Waals surface area contributed by atoms with Crippen LogP contribution in [0.15, 0.2) is 0 Å². The molecule has 0 N–H and O–H groups in total. The molecule has 1 fully saturated rings. The minimum atomic E-state index is -1.21. The van der Waals surface area contributed by atoms with Gasteiger partial charge in [0.25, 0.3) is 0 Å². The molecule has 6 heteroatoms. The standard InChI is InChI=1S/C13H23NO4S/c1-10(2)14(3)11(15)8-19(17)9-13(5-6-13)7-12(16)18-4/h10H,5-9H2,1-4H3. The maximum atomic E-state index is 12.0. The summed E-state index contributed by atoms with van der Waals surface area (Å²) in [6.07, 6.45) is 2.09. The van der Waals surface area contributed by atoms with E-state index in [4.69, 9.17) is 0 Å². The lowest BCUT2D eigenvalue weighted by molar-refractivity contribution is -0.141. The summed E-state index contributed by atoms with van der Waals surface area (Å²) in [5.74, 6) is 0.0829. The zero-order valence-electron chi connectivity index (χ0n) is 12.1. The molecule has 1 aliphatic carbocycles. The van der Waals surface area contributed by atoms with Gasteiger partial charge in [-0.05, 0) is 32.1 Å². The van der Waals surface area contributed by atoms with Crippen LogP contribution in [0.4, 0.5) is 0 Å². The van der Waals surface area contributed by atoms with E-state index in [-0.39, 0.29) is 29.1 Å². The molecule has 0 radical (unpaired) electrons. The summed E-state index contributed by atoms with van der Waals surface area (Å²) >= 11 is 0. The van der Waals surface area contributed by atoms with Gasteiger partial charge in [0.1, 0.15) is 5.75 Å². The van der Waals surface area contributed by atoms with Crippen molar-refractivity contribution in [2.75, 3.05) is 25.7 Å². The predicted molar refractivity (Wildman–Crippen MR) is 74.1 cm³/mol. The Labute approximate surface area is 117 Å². The van der Waals surface area contributed by atoms with Gasteiger partial charge in [-0.3, -0.25) is 13.8 Å². The van der Waals surface area contributed by atoms with E-state index in [9.17, 15) is 13.8 Å². The Hall–Kier alpha value is -0.910.